The van der Waals surface area contributed by atoms with Crippen LogP contribution < -0.4 is 15.2 Å². The third-order valence-corrected chi connectivity index (χ3v) is 2.58. The smallest absolute Gasteiger partial charge is 0.218 e. The molecule has 0 aliphatic heterocycles. The molecule has 0 unspecified atom stereocenters. The summed E-state index contributed by atoms with van der Waals surface area (Å²) in [4.78, 5) is 4.17. The number of benzene rings is 1. The minimum absolute atomic E-state index is 0.418. The van der Waals surface area contributed by atoms with Crippen LogP contribution in [-0.2, 0) is 13.2 Å². The molecule has 0 saturated carbocycles. The zero-order valence-corrected chi connectivity index (χ0v) is 10.3. The Kier molecular flexibility index (Phi) is 4.15. The molecule has 1 aromatic carbocycles. The van der Waals surface area contributed by atoms with Crippen molar-refractivity contribution in [3.8, 4) is 11.6 Å². The molecule has 18 heavy (non-hydrogen) atoms. The molecule has 1 heterocycles. The van der Waals surface area contributed by atoms with E-state index in [-0.39, 0.29) is 0 Å². The molecule has 2 N–H and O–H groups in total. The van der Waals surface area contributed by atoms with Gasteiger partial charge in [0.15, 0.2) is 0 Å². The molecule has 0 atom stereocenters. The Morgan fingerprint density at radius 2 is 2.11 bits per heavy atom. The highest BCUT2D eigenvalue weighted by Crippen LogP contribution is 2.17. The Labute approximate surface area is 106 Å². The van der Waals surface area contributed by atoms with Crippen molar-refractivity contribution in [3.05, 3.63) is 53.7 Å². The molecule has 0 aliphatic carbocycles. The first-order chi connectivity index (χ1) is 8.83. The van der Waals surface area contributed by atoms with Gasteiger partial charge in [-0.1, -0.05) is 18.2 Å². The van der Waals surface area contributed by atoms with E-state index in [0.717, 1.165) is 16.9 Å². The standard InChI is InChI=1S/C14H16N2O2/c1-17-13-6-2-4-11(8-13)10-18-14-12(9-15)5-3-7-16-14/h2-8H,9-10,15H2,1H3. The van der Waals surface area contributed by atoms with E-state index < -0.39 is 0 Å². The van der Waals surface area contributed by atoms with Crippen LogP contribution in [0, 0.1) is 0 Å². The van der Waals surface area contributed by atoms with Gasteiger partial charge in [-0.05, 0) is 23.8 Å². The van der Waals surface area contributed by atoms with Crippen LogP contribution in [-0.4, -0.2) is 12.1 Å². The van der Waals surface area contributed by atoms with E-state index in [1.807, 2.05) is 36.4 Å². The fourth-order valence-corrected chi connectivity index (χ4v) is 1.62. The Hall–Kier alpha value is -2.07. The van der Waals surface area contributed by atoms with Crippen LogP contribution in [0.25, 0.3) is 0 Å². The number of aromatic nitrogens is 1. The van der Waals surface area contributed by atoms with E-state index in [9.17, 15) is 0 Å². The van der Waals surface area contributed by atoms with Crippen molar-refractivity contribution in [1.29, 1.82) is 0 Å². The lowest BCUT2D eigenvalue weighted by molar-refractivity contribution is 0.289. The predicted octanol–water partition coefficient (Wildman–Crippen LogP) is 2.13. The first kappa shape index (κ1) is 12.4. The van der Waals surface area contributed by atoms with Gasteiger partial charge in [-0.2, -0.15) is 0 Å². The summed E-state index contributed by atoms with van der Waals surface area (Å²) < 4.78 is 10.8. The Bertz CT molecular complexity index is 515. The van der Waals surface area contributed by atoms with Gasteiger partial charge in [0.1, 0.15) is 12.4 Å². The predicted molar refractivity (Wildman–Crippen MR) is 69.5 cm³/mol. The van der Waals surface area contributed by atoms with Crippen molar-refractivity contribution >= 4 is 0 Å². The molecule has 0 saturated heterocycles. The van der Waals surface area contributed by atoms with Crippen molar-refractivity contribution in [2.24, 2.45) is 5.73 Å². The van der Waals surface area contributed by atoms with Gasteiger partial charge in [-0.25, -0.2) is 4.98 Å². The second-order valence-electron chi connectivity index (χ2n) is 3.81. The third-order valence-electron chi connectivity index (χ3n) is 2.58. The number of nitrogens with two attached hydrogens (primary N) is 1. The number of hydrogen-bond donors (Lipinski definition) is 1. The van der Waals surface area contributed by atoms with E-state index in [1.165, 1.54) is 0 Å². The summed E-state index contributed by atoms with van der Waals surface area (Å²) in [6.07, 6.45) is 1.69. The quantitative estimate of drug-likeness (QED) is 0.875. The molecule has 94 valence electrons. The van der Waals surface area contributed by atoms with Crippen molar-refractivity contribution in [3.63, 3.8) is 0 Å². The van der Waals surface area contributed by atoms with Gasteiger partial charge in [-0.15, -0.1) is 0 Å². The minimum Gasteiger partial charge on any atom is -0.497 e. The van der Waals surface area contributed by atoms with Gasteiger partial charge in [0.2, 0.25) is 5.88 Å². The average molecular weight is 244 g/mol. The van der Waals surface area contributed by atoms with Crippen molar-refractivity contribution < 1.29 is 9.47 Å². The zero-order chi connectivity index (χ0) is 12.8. The molecule has 0 bridgehead atoms. The van der Waals surface area contributed by atoms with E-state index in [0.29, 0.717) is 19.0 Å². The minimum atomic E-state index is 0.418. The van der Waals surface area contributed by atoms with E-state index >= 15 is 0 Å². The van der Waals surface area contributed by atoms with Crippen molar-refractivity contribution in [2.45, 2.75) is 13.2 Å². The highest BCUT2D eigenvalue weighted by molar-refractivity contribution is 5.29. The first-order valence-electron chi connectivity index (χ1n) is 5.73. The van der Waals surface area contributed by atoms with Gasteiger partial charge in [0, 0.05) is 18.3 Å². The van der Waals surface area contributed by atoms with E-state index in [1.54, 1.807) is 13.3 Å². The molecule has 2 rings (SSSR count). The largest absolute Gasteiger partial charge is 0.497 e. The molecule has 2 aromatic rings. The van der Waals surface area contributed by atoms with E-state index in [4.69, 9.17) is 15.2 Å². The van der Waals surface area contributed by atoms with Gasteiger partial charge < -0.3 is 15.2 Å². The summed E-state index contributed by atoms with van der Waals surface area (Å²) in [7, 11) is 1.64. The van der Waals surface area contributed by atoms with Crippen LogP contribution >= 0.6 is 0 Å². The molecule has 0 radical (unpaired) electrons. The third kappa shape index (κ3) is 2.99. The maximum absolute atomic E-state index is 5.67. The van der Waals surface area contributed by atoms with Crippen molar-refractivity contribution in [2.75, 3.05) is 7.11 Å². The first-order valence-corrected chi connectivity index (χ1v) is 5.73. The molecule has 0 fully saturated rings. The average Bonchev–Trinajstić information content (AvgIpc) is 2.45. The molecule has 0 amide bonds. The van der Waals surface area contributed by atoms with Crippen LogP contribution in [0.2, 0.25) is 0 Å². The molecule has 4 nitrogen and oxygen atoms in total. The van der Waals surface area contributed by atoms with Crippen LogP contribution in [0.1, 0.15) is 11.1 Å². The Morgan fingerprint density at radius 1 is 1.22 bits per heavy atom. The summed E-state index contributed by atoms with van der Waals surface area (Å²) in [5.74, 6) is 1.40. The number of ether oxygens (including phenoxy) is 2. The molecule has 0 aliphatic rings. The summed E-state index contributed by atoms with van der Waals surface area (Å²) in [6.45, 7) is 0.864. The number of pyridine rings is 1. The molecule has 1 aromatic heterocycles. The second kappa shape index (κ2) is 6.02. The SMILES string of the molecule is COc1cccc(COc2ncccc2CN)c1. The van der Waals surface area contributed by atoms with Crippen LogP contribution in [0.5, 0.6) is 11.6 Å². The number of methoxy groups -OCH3 is 1. The lowest BCUT2D eigenvalue weighted by Gasteiger charge is -2.09. The lowest BCUT2D eigenvalue weighted by Crippen LogP contribution is -2.04. The number of hydrogen-bond acceptors (Lipinski definition) is 4. The van der Waals surface area contributed by atoms with Crippen LogP contribution in [0.3, 0.4) is 0 Å². The van der Waals surface area contributed by atoms with Gasteiger partial charge >= 0.3 is 0 Å². The molecular formula is C14H16N2O2. The monoisotopic (exact) mass is 244 g/mol. The second-order valence-corrected chi connectivity index (χ2v) is 3.81. The summed E-state index contributed by atoms with van der Waals surface area (Å²) >= 11 is 0. The van der Waals surface area contributed by atoms with Crippen LogP contribution in [0.4, 0.5) is 0 Å². The Balaban J connectivity index is 2.06. The van der Waals surface area contributed by atoms with Crippen molar-refractivity contribution in [1.82, 2.24) is 4.98 Å². The highest BCUT2D eigenvalue weighted by Gasteiger charge is 2.03. The van der Waals surface area contributed by atoms with Crippen LogP contribution in [0.15, 0.2) is 42.6 Å². The fourth-order valence-electron chi connectivity index (χ4n) is 1.62. The zero-order valence-electron chi connectivity index (χ0n) is 10.3. The lowest BCUT2D eigenvalue weighted by atomic mass is 10.2. The number of rotatable bonds is 5. The van der Waals surface area contributed by atoms with Gasteiger partial charge in [-0.3, -0.25) is 0 Å². The summed E-state index contributed by atoms with van der Waals surface area (Å²) in [5.41, 5.74) is 7.56. The maximum atomic E-state index is 5.67. The molecular weight excluding hydrogens is 228 g/mol. The highest BCUT2D eigenvalue weighted by atomic mass is 16.5. The summed E-state index contributed by atoms with van der Waals surface area (Å²) in [6, 6.07) is 11.5. The Morgan fingerprint density at radius 3 is 2.89 bits per heavy atom. The van der Waals surface area contributed by atoms with E-state index in [2.05, 4.69) is 4.98 Å². The fraction of sp³-hybridized carbons (Fsp3) is 0.214. The maximum Gasteiger partial charge on any atom is 0.218 e. The molecule has 0 spiro atoms. The topological polar surface area (TPSA) is 57.4 Å². The van der Waals surface area contributed by atoms with Gasteiger partial charge in [0.25, 0.3) is 0 Å². The van der Waals surface area contributed by atoms with Gasteiger partial charge in [0.05, 0.1) is 7.11 Å². The normalized spacial score (nSPS) is 10.1. The number of nitrogens with zero attached hydrogens (tertiary/aromatic N) is 1. The molecule has 4 heteroatoms. The summed E-state index contributed by atoms with van der Waals surface area (Å²) in [5, 5.41) is 0.